The monoisotopic (exact) mass is 341 g/mol. The van der Waals surface area contributed by atoms with Crippen molar-refractivity contribution < 1.29 is 4.79 Å². The Bertz CT molecular complexity index is 943. The van der Waals surface area contributed by atoms with Gasteiger partial charge in [0.15, 0.2) is 0 Å². The molecule has 0 unspecified atom stereocenters. The van der Waals surface area contributed by atoms with Crippen molar-refractivity contribution in [3.05, 3.63) is 62.3 Å². The van der Waals surface area contributed by atoms with Gasteiger partial charge in [-0.15, -0.1) is 11.3 Å². The molecule has 0 atom stereocenters. The van der Waals surface area contributed by atoms with Crippen LogP contribution in [0.2, 0.25) is 0 Å². The summed E-state index contributed by atoms with van der Waals surface area (Å²) in [5, 5.41) is 3.47. The van der Waals surface area contributed by atoms with Crippen LogP contribution in [0.15, 0.2) is 41.5 Å². The first-order chi connectivity index (χ1) is 11.5. The fraction of sp³-hybridized carbons (Fsp3) is 0.278. The third-order valence-electron chi connectivity index (χ3n) is 3.89. The number of carbonyl (C=O) groups excluding carboxylic acids is 1. The average molecular weight is 341 g/mol. The molecule has 5 nitrogen and oxygen atoms in total. The zero-order valence-electron chi connectivity index (χ0n) is 13.7. The van der Waals surface area contributed by atoms with Crippen molar-refractivity contribution in [1.29, 1.82) is 0 Å². The van der Waals surface area contributed by atoms with Crippen molar-refractivity contribution in [3.63, 3.8) is 0 Å². The third kappa shape index (κ3) is 3.54. The lowest BCUT2D eigenvalue weighted by Crippen LogP contribution is -2.27. The van der Waals surface area contributed by atoms with Crippen LogP contribution in [0.3, 0.4) is 0 Å². The SMILES string of the molecule is Cc1ccc(CNC(=O)CCn2cnc3c(C)cccc3c2=O)s1. The maximum absolute atomic E-state index is 12.5. The first-order valence-electron chi connectivity index (χ1n) is 7.81. The van der Waals surface area contributed by atoms with Gasteiger partial charge in [-0.05, 0) is 37.6 Å². The second kappa shape index (κ2) is 6.97. The number of aryl methyl sites for hydroxylation is 3. The largest absolute Gasteiger partial charge is 0.351 e. The van der Waals surface area contributed by atoms with Gasteiger partial charge in [0.05, 0.1) is 23.8 Å². The molecule has 0 saturated carbocycles. The molecule has 6 heteroatoms. The van der Waals surface area contributed by atoms with Gasteiger partial charge < -0.3 is 5.32 Å². The highest BCUT2D eigenvalue weighted by molar-refractivity contribution is 7.11. The summed E-state index contributed by atoms with van der Waals surface area (Å²) in [6.45, 7) is 4.82. The van der Waals surface area contributed by atoms with E-state index in [-0.39, 0.29) is 17.9 Å². The van der Waals surface area contributed by atoms with Crippen LogP contribution in [0.4, 0.5) is 0 Å². The fourth-order valence-corrected chi connectivity index (χ4v) is 3.40. The number of nitrogens with one attached hydrogen (secondary N) is 1. The molecule has 2 heterocycles. The van der Waals surface area contributed by atoms with Crippen LogP contribution in [0.25, 0.3) is 10.9 Å². The first kappa shape index (κ1) is 16.4. The molecular weight excluding hydrogens is 322 g/mol. The predicted octanol–water partition coefficient (Wildman–Crippen LogP) is 2.78. The van der Waals surface area contributed by atoms with Gasteiger partial charge in [0.25, 0.3) is 5.56 Å². The molecule has 0 aliphatic heterocycles. The number of rotatable bonds is 5. The van der Waals surface area contributed by atoms with E-state index >= 15 is 0 Å². The summed E-state index contributed by atoms with van der Waals surface area (Å²) >= 11 is 1.67. The quantitative estimate of drug-likeness (QED) is 0.776. The van der Waals surface area contributed by atoms with E-state index in [1.807, 2.05) is 38.1 Å². The minimum atomic E-state index is -0.106. The Kier molecular flexibility index (Phi) is 4.76. The van der Waals surface area contributed by atoms with Crippen molar-refractivity contribution in [3.8, 4) is 0 Å². The van der Waals surface area contributed by atoms with Crippen LogP contribution in [0.5, 0.6) is 0 Å². The van der Waals surface area contributed by atoms with Gasteiger partial charge in [0.2, 0.25) is 5.91 Å². The number of thiophene rings is 1. The molecule has 3 rings (SSSR count). The molecule has 1 aromatic carbocycles. The molecular formula is C18H19N3O2S. The molecule has 0 fully saturated rings. The number of benzene rings is 1. The lowest BCUT2D eigenvalue weighted by Gasteiger charge is -2.08. The second-order valence-corrected chi connectivity index (χ2v) is 7.13. The Morgan fingerprint density at radius 1 is 1.25 bits per heavy atom. The molecule has 2 aromatic heterocycles. The van der Waals surface area contributed by atoms with E-state index in [9.17, 15) is 9.59 Å². The van der Waals surface area contributed by atoms with Gasteiger partial charge in [0.1, 0.15) is 0 Å². The highest BCUT2D eigenvalue weighted by Crippen LogP contribution is 2.14. The number of carbonyl (C=O) groups is 1. The Balaban J connectivity index is 1.64. The average Bonchev–Trinajstić information content (AvgIpc) is 2.98. The summed E-state index contributed by atoms with van der Waals surface area (Å²) in [5.41, 5.74) is 1.59. The Morgan fingerprint density at radius 3 is 2.83 bits per heavy atom. The van der Waals surface area contributed by atoms with E-state index in [1.54, 1.807) is 17.4 Å². The number of amides is 1. The van der Waals surface area contributed by atoms with E-state index in [1.165, 1.54) is 15.8 Å². The molecule has 1 amide bonds. The smallest absolute Gasteiger partial charge is 0.261 e. The summed E-state index contributed by atoms with van der Waals surface area (Å²) in [6, 6.07) is 9.60. The molecule has 0 saturated heterocycles. The Hall–Kier alpha value is -2.47. The lowest BCUT2D eigenvalue weighted by molar-refractivity contribution is -0.121. The van der Waals surface area contributed by atoms with Gasteiger partial charge in [-0.2, -0.15) is 0 Å². The lowest BCUT2D eigenvalue weighted by atomic mass is 10.1. The molecule has 0 bridgehead atoms. The molecule has 3 aromatic rings. The first-order valence-corrected chi connectivity index (χ1v) is 8.63. The summed E-state index contributed by atoms with van der Waals surface area (Å²) in [4.78, 5) is 31.2. The van der Waals surface area contributed by atoms with E-state index in [0.29, 0.717) is 18.5 Å². The van der Waals surface area contributed by atoms with Crippen LogP contribution in [-0.2, 0) is 17.9 Å². The van der Waals surface area contributed by atoms with Crippen LogP contribution in [0.1, 0.15) is 21.7 Å². The van der Waals surface area contributed by atoms with E-state index in [4.69, 9.17) is 0 Å². The molecule has 0 aliphatic carbocycles. The van der Waals surface area contributed by atoms with E-state index in [2.05, 4.69) is 10.3 Å². The third-order valence-corrected chi connectivity index (χ3v) is 4.89. The Morgan fingerprint density at radius 2 is 2.08 bits per heavy atom. The molecule has 124 valence electrons. The zero-order chi connectivity index (χ0) is 17.1. The molecule has 0 aliphatic rings. The maximum Gasteiger partial charge on any atom is 0.261 e. The molecule has 24 heavy (non-hydrogen) atoms. The molecule has 0 spiro atoms. The second-order valence-electron chi connectivity index (χ2n) is 5.75. The Labute approximate surface area is 144 Å². The molecule has 0 radical (unpaired) electrons. The highest BCUT2D eigenvalue weighted by atomic mass is 32.1. The van der Waals surface area contributed by atoms with Crippen molar-refractivity contribution in [2.45, 2.75) is 33.4 Å². The topological polar surface area (TPSA) is 64.0 Å². The summed E-state index contributed by atoms with van der Waals surface area (Å²) in [5.74, 6) is -0.0720. The van der Waals surface area contributed by atoms with Gasteiger partial charge in [-0.3, -0.25) is 14.2 Å². The molecule has 1 N–H and O–H groups in total. The van der Waals surface area contributed by atoms with Gasteiger partial charge >= 0.3 is 0 Å². The van der Waals surface area contributed by atoms with E-state index < -0.39 is 0 Å². The number of para-hydroxylation sites is 1. The number of nitrogens with zero attached hydrogens (tertiary/aromatic N) is 2. The van der Waals surface area contributed by atoms with Crippen molar-refractivity contribution in [1.82, 2.24) is 14.9 Å². The minimum absolute atomic E-state index is 0.0720. The van der Waals surface area contributed by atoms with Crippen LogP contribution in [-0.4, -0.2) is 15.5 Å². The summed E-state index contributed by atoms with van der Waals surface area (Å²) in [6.07, 6.45) is 1.77. The van der Waals surface area contributed by atoms with E-state index in [0.717, 1.165) is 16.0 Å². The van der Waals surface area contributed by atoms with Crippen LogP contribution in [0, 0.1) is 13.8 Å². The van der Waals surface area contributed by atoms with Crippen molar-refractivity contribution in [2.24, 2.45) is 0 Å². The zero-order valence-corrected chi connectivity index (χ0v) is 14.5. The highest BCUT2D eigenvalue weighted by Gasteiger charge is 2.08. The van der Waals surface area contributed by atoms with Crippen LogP contribution >= 0.6 is 11.3 Å². The number of hydrogen-bond donors (Lipinski definition) is 1. The number of hydrogen-bond acceptors (Lipinski definition) is 4. The summed E-state index contributed by atoms with van der Waals surface area (Å²) < 4.78 is 1.50. The normalized spacial score (nSPS) is 10.9. The minimum Gasteiger partial charge on any atom is -0.351 e. The van der Waals surface area contributed by atoms with Crippen molar-refractivity contribution in [2.75, 3.05) is 0 Å². The van der Waals surface area contributed by atoms with Crippen LogP contribution < -0.4 is 10.9 Å². The number of fused-ring (bicyclic) bond motifs is 1. The maximum atomic E-state index is 12.5. The van der Waals surface area contributed by atoms with Gasteiger partial charge in [-0.1, -0.05) is 12.1 Å². The predicted molar refractivity (Wildman–Crippen MR) is 96.3 cm³/mol. The standard InChI is InChI=1S/C18H19N3O2S/c1-12-4-3-5-15-17(12)20-11-21(18(15)23)9-8-16(22)19-10-14-7-6-13(2)24-14/h3-7,11H,8-10H2,1-2H3,(H,19,22). The van der Waals surface area contributed by atoms with Crippen molar-refractivity contribution >= 4 is 28.1 Å². The van der Waals surface area contributed by atoms with Gasteiger partial charge in [-0.25, -0.2) is 4.98 Å². The fourth-order valence-electron chi connectivity index (χ4n) is 2.57. The summed E-state index contributed by atoms with van der Waals surface area (Å²) in [7, 11) is 0. The number of aromatic nitrogens is 2. The van der Waals surface area contributed by atoms with Gasteiger partial charge in [0, 0.05) is 22.7 Å².